The number of rotatable bonds is 10. The molecule has 1 fully saturated rings. The quantitative estimate of drug-likeness (QED) is 0.186. The molecule has 0 spiro atoms. The Morgan fingerprint density at radius 3 is 2.61 bits per heavy atom. The highest BCUT2D eigenvalue weighted by Gasteiger charge is 2.22. The van der Waals surface area contributed by atoms with Gasteiger partial charge >= 0.3 is 5.97 Å². The Balaban J connectivity index is 1.52. The summed E-state index contributed by atoms with van der Waals surface area (Å²) in [5.74, 6) is 0.385. The normalized spacial score (nSPS) is 13.2. The van der Waals surface area contributed by atoms with E-state index >= 15 is 0 Å². The Kier molecular flexibility index (Phi) is 8.19. The Labute approximate surface area is 207 Å². The third-order valence-corrected chi connectivity index (χ3v) is 5.47. The molecule has 2 N–H and O–H groups in total. The van der Waals surface area contributed by atoms with E-state index in [1.165, 1.54) is 18.5 Å². The lowest BCUT2D eigenvalue weighted by Gasteiger charge is -2.30. The van der Waals surface area contributed by atoms with Crippen LogP contribution in [0, 0.1) is 10.1 Å². The van der Waals surface area contributed by atoms with E-state index in [1.54, 1.807) is 13.0 Å². The molecule has 4 rings (SSSR count). The predicted octanol–water partition coefficient (Wildman–Crippen LogP) is 2.98. The van der Waals surface area contributed by atoms with Gasteiger partial charge in [-0.2, -0.15) is 0 Å². The van der Waals surface area contributed by atoms with E-state index in [0.717, 1.165) is 24.3 Å². The van der Waals surface area contributed by atoms with Crippen molar-refractivity contribution in [1.29, 1.82) is 0 Å². The monoisotopic (exact) mass is 493 g/mol. The lowest BCUT2D eigenvalue weighted by molar-refractivity contribution is -0.385. The molecule has 3 heterocycles. The molecule has 12 heteroatoms. The zero-order valence-electron chi connectivity index (χ0n) is 19.8. The van der Waals surface area contributed by atoms with Crippen LogP contribution >= 0.6 is 0 Å². The highest BCUT2D eigenvalue weighted by molar-refractivity contribution is 5.98. The van der Waals surface area contributed by atoms with E-state index in [2.05, 4.69) is 30.5 Å². The molecule has 36 heavy (non-hydrogen) atoms. The molecule has 0 saturated carbocycles. The van der Waals surface area contributed by atoms with Gasteiger partial charge in [-0.3, -0.25) is 10.1 Å². The Bertz CT molecular complexity index is 1200. The molecule has 0 atom stereocenters. The highest BCUT2D eigenvalue weighted by Crippen LogP contribution is 2.33. The maximum absolute atomic E-state index is 12.7. The van der Waals surface area contributed by atoms with Gasteiger partial charge < -0.3 is 25.0 Å². The van der Waals surface area contributed by atoms with Crippen LogP contribution in [0.15, 0.2) is 48.8 Å². The molecule has 1 aliphatic heterocycles. The number of nitrogens with one attached hydrogen (secondary N) is 2. The number of benzene rings is 1. The molecule has 188 valence electrons. The van der Waals surface area contributed by atoms with Crippen molar-refractivity contribution in [1.82, 2.24) is 15.0 Å². The van der Waals surface area contributed by atoms with Crippen LogP contribution in [-0.4, -0.2) is 71.8 Å². The van der Waals surface area contributed by atoms with Gasteiger partial charge in [0.05, 0.1) is 30.4 Å². The molecule has 0 radical (unpaired) electrons. The molecule has 1 aromatic carbocycles. The predicted molar refractivity (Wildman–Crippen MR) is 134 cm³/mol. The Morgan fingerprint density at radius 1 is 1.11 bits per heavy atom. The average molecular weight is 494 g/mol. The average Bonchev–Trinajstić information content (AvgIpc) is 2.92. The second-order valence-corrected chi connectivity index (χ2v) is 7.81. The second-order valence-electron chi connectivity index (χ2n) is 7.81. The number of ether oxygens (including phenoxy) is 2. The largest absolute Gasteiger partial charge is 0.462 e. The number of para-hydroxylation sites is 1. The molecule has 0 unspecified atom stereocenters. The lowest BCUT2D eigenvalue weighted by atomic mass is 10.0. The molecule has 1 aliphatic rings. The SMILES string of the molecule is CCOC(=O)c1cnc(NCCNc2ccc([N+](=O)[O-])cn2)nc1-c1ccccc1N1CCOCC1. The number of esters is 1. The molecule has 0 bridgehead atoms. The molecule has 0 aliphatic carbocycles. The van der Waals surface area contributed by atoms with E-state index in [9.17, 15) is 14.9 Å². The fraction of sp³-hybridized carbons (Fsp3) is 0.333. The molecule has 1 saturated heterocycles. The Morgan fingerprint density at radius 2 is 1.89 bits per heavy atom. The van der Waals surface area contributed by atoms with Crippen molar-refractivity contribution in [2.24, 2.45) is 0 Å². The first-order valence-corrected chi connectivity index (χ1v) is 11.6. The summed E-state index contributed by atoms with van der Waals surface area (Å²) in [6.07, 6.45) is 2.68. The van der Waals surface area contributed by atoms with Gasteiger partial charge in [-0.05, 0) is 19.1 Å². The van der Waals surface area contributed by atoms with E-state index in [1.807, 2.05) is 24.3 Å². The minimum Gasteiger partial charge on any atom is -0.462 e. The zero-order chi connectivity index (χ0) is 25.3. The van der Waals surface area contributed by atoms with Crippen molar-refractivity contribution in [3.05, 3.63) is 64.5 Å². The van der Waals surface area contributed by atoms with Crippen LogP contribution in [0.5, 0.6) is 0 Å². The van der Waals surface area contributed by atoms with Crippen LogP contribution in [0.4, 0.5) is 23.1 Å². The van der Waals surface area contributed by atoms with Gasteiger partial charge in [0.15, 0.2) is 0 Å². The summed E-state index contributed by atoms with van der Waals surface area (Å²) < 4.78 is 10.7. The van der Waals surface area contributed by atoms with Crippen molar-refractivity contribution >= 4 is 29.1 Å². The van der Waals surface area contributed by atoms with Crippen LogP contribution in [-0.2, 0) is 9.47 Å². The number of hydrogen-bond acceptors (Lipinski definition) is 11. The van der Waals surface area contributed by atoms with Gasteiger partial charge in [-0.1, -0.05) is 18.2 Å². The van der Waals surface area contributed by atoms with Crippen LogP contribution < -0.4 is 15.5 Å². The number of anilines is 3. The Hall–Kier alpha value is -4.32. The summed E-state index contributed by atoms with van der Waals surface area (Å²) >= 11 is 0. The topological polar surface area (TPSA) is 145 Å². The number of nitro groups is 1. The first kappa shape index (κ1) is 24.8. The van der Waals surface area contributed by atoms with Gasteiger partial charge in [-0.15, -0.1) is 0 Å². The lowest BCUT2D eigenvalue weighted by Crippen LogP contribution is -2.36. The first-order valence-electron chi connectivity index (χ1n) is 11.6. The molecule has 0 amide bonds. The second kappa shape index (κ2) is 11.9. The summed E-state index contributed by atoms with van der Waals surface area (Å²) in [4.78, 5) is 38.2. The van der Waals surface area contributed by atoms with Crippen LogP contribution in [0.1, 0.15) is 17.3 Å². The maximum Gasteiger partial charge on any atom is 0.341 e. The van der Waals surface area contributed by atoms with E-state index < -0.39 is 10.9 Å². The van der Waals surface area contributed by atoms with Crippen LogP contribution in [0.25, 0.3) is 11.3 Å². The number of aromatic nitrogens is 3. The molecule has 2 aromatic heterocycles. The third-order valence-electron chi connectivity index (χ3n) is 5.47. The number of carbonyl (C=O) groups is 1. The summed E-state index contributed by atoms with van der Waals surface area (Å²) in [5.41, 5.74) is 2.47. The third kappa shape index (κ3) is 6.02. The number of morpholine rings is 1. The van der Waals surface area contributed by atoms with Gasteiger partial charge in [0, 0.05) is 49.7 Å². The molecule has 12 nitrogen and oxygen atoms in total. The number of carbonyl (C=O) groups excluding carboxylic acids is 1. The van der Waals surface area contributed by atoms with Gasteiger partial charge in [0.25, 0.3) is 5.69 Å². The van der Waals surface area contributed by atoms with Crippen molar-refractivity contribution in [2.75, 3.05) is 61.5 Å². The minimum atomic E-state index is -0.496. The molecule has 3 aromatic rings. The highest BCUT2D eigenvalue weighted by atomic mass is 16.6. The molecular formula is C24H27N7O5. The van der Waals surface area contributed by atoms with Crippen LogP contribution in [0.3, 0.4) is 0 Å². The summed E-state index contributed by atoms with van der Waals surface area (Å²) in [6.45, 7) is 5.65. The van der Waals surface area contributed by atoms with Crippen molar-refractivity contribution < 1.29 is 19.2 Å². The molecular weight excluding hydrogens is 466 g/mol. The van der Waals surface area contributed by atoms with Crippen molar-refractivity contribution in [3.8, 4) is 11.3 Å². The first-order chi connectivity index (χ1) is 17.6. The number of nitrogens with zero attached hydrogens (tertiary/aromatic N) is 5. The van der Waals surface area contributed by atoms with E-state index in [0.29, 0.717) is 43.8 Å². The van der Waals surface area contributed by atoms with E-state index in [-0.39, 0.29) is 17.9 Å². The number of hydrogen-bond donors (Lipinski definition) is 2. The van der Waals surface area contributed by atoms with Gasteiger partial charge in [0.2, 0.25) is 5.95 Å². The summed E-state index contributed by atoms with van der Waals surface area (Å²) in [6, 6.07) is 10.7. The number of pyridine rings is 1. The standard InChI is InChI=1S/C24H27N7O5/c1-2-36-23(32)19-16-28-24(26-10-9-25-21-8-7-17(15-27-21)31(33)34)29-22(19)18-5-3-4-6-20(18)30-11-13-35-14-12-30/h3-8,15-16H,2,9-14H2,1H3,(H,25,27)(H,26,28,29). The maximum atomic E-state index is 12.7. The van der Waals surface area contributed by atoms with Gasteiger partial charge in [-0.25, -0.2) is 19.7 Å². The van der Waals surface area contributed by atoms with Crippen molar-refractivity contribution in [3.63, 3.8) is 0 Å². The minimum absolute atomic E-state index is 0.0707. The smallest absolute Gasteiger partial charge is 0.341 e. The van der Waals surface area contributed by atoms with E-state index in [4.69, 9.17) is 9.47 Å². The van der Waals surface area contributed by atoms with Crippen molar-refractivity contribution in [2.45, 2.75) is 6.92 Å². The summed E-state index contributed by atoms with van der Waals surface area (Å²) in [5, 5.41) is 17.0. The van der Waals surface area contributed by atoms with Gasteiger partial charge in [0.1, 0.15) is 17.6 Å². The summed E-state index contributed by atoms with van der Waals surface area (Å²) in [7, 11) is 0. The van der Waals surface area contributed by atoms with Crippen LogP contribution in [0.2, 0.25) is 0 Å². The zero-order valence-corrected chi connectivity index (χ0v) is 19.8. The fourth-order valence-electron chi connectivity index (χ4n) is 3.75. The fourth-order valence-corrected chi connectivity index (χ4v) is 3.75.